The molecule has 5 rings (SSSR count). The number of aromatic nitrogens is 1. The van der Waals surface area contributed by atoms with Crippen LogP contribution in [0.5, 0.6) is 23.0 Å². The molecule has 1 aliphatic heterocycles. The molecule has 0 spiro atoms. The number of methoxy groups -OCH3 is 2. The predicted molar refractivity (Wildman–Crippen MR) is 143 cm³/mol. The molecule has 0 saturated carbocycles. The number of pyridine rings is 1. The molecule has 0 radical (unpaired) electrons. The van der Waals surface area contributed by atoms with E-state index in [0.717, 1.165) is 26.2 Å². The van der Waals surface area contributed by atoms with Gasteiger partial charge in [0.15, 0.2) is 28.8 Å². The SMILES string of the molecule is COc1cc2c3c(n(CCCNCCNCCN)c(=O)c2cc1OC)-c1cc2c(cc1C3=O)OCO2.Cl. The highest BCUT2D eigenvalue weighted by molar-refractivity contribution is 6.27. The standard InChI is InChI=1S/C26H30N4O6.ClH/c1-33-19-10-15-18(13-20(19)34-2)26(32)30(9-3-5-28-7-8-29-6-4-27)24-16-11-21-22(36-14-35-21)12-17(16)25(31)23(15)24;/h10-13,28-29H,3-9,14,27H2,1-2H3;1H. The summed E-state index contributed by atoms with van der Waals surface area (Å²) < 4.78 is 23.7. The molecule has 0 atom stereocenters. The minimum absolute atomic E-state index is 0. The van der Waals surface area contributed by atoms with Crippen LogP contribution in [0.25, 0.3) is 22.0 Å². The van der Waals surface area contributed by atoms with Crippen LogP contribution in [-0.2, 0) is 6.54 Å². The number of ketones is 1. The largest absolute Gasteiger partial charge is 0.493 e. The molecule has 0 amide bonds. The van der Waals surface area contributed by atoms with Crippen LogP contribution in [0.3, 0.4) is 0 Å². The Morgan fingerprint density at radius 2 is 1.51 bits per heavy atom. The maximum Gasteiger partial charge on any atom is 0.259 e. The second-order valence-electron chi connectivity index (χ2n) is 8.66. The van der Waals surface area contributed by atoms with Gasteiger partial charge in [0.05, 0.1) is 30.9 Å². The zero-order chi connectivity index (χ0) is 25.2. The minimum atomic E-state index is -0.187. The van der Waals surface area contributed by atoms with E-state index in [2.05, 4.69) is 10.6 Å². The first kappa shape index (κ1) is 26.7. The van der Waals surface area contributed by atoms with Gasteiger partial charge in [0.25, 0.3) is 5.56 Å². The molecule has 0 fully saturated rings. The average Bonchev–Trinajstić information content (AvgIpc) is 3.47. The van der Waals surface area contributed by atoms with Crippen molar-refractivity contribution in [3.05, 3.63) is 45.7 Å². The summed E-state index contributed by atoms with van der Waals surface area (Å²) in [5.41, 5.74) is 7.55. The van der Waals surface area contributed by atoms with Gasteiger partial charge in [-0.3, -0.25) is 9.59 Å². The number of hydrogen-bond acceptors (Lipinski definition) is 9. The Kier molecular flexibility index (Phi) is 8.23. The number of halogens is 1. The van der Waals surface area contributed by atoms with E-state index in [1.54, 1.807) is 28.8 Å². The smallest absolute Gasteiger partial charge is 0.259 e. The quantitative estimate of drug-likeness (QED) is 0.249. The normalized spacial score (nSPS) is 12.9. The maximum atomic E-state index is 13.8. The number of hydrogen-bond donors (Lipinski definition) is 3. The molecule has 1 aliphatic carbocycles. The molecule has 3 aromatic rings. The number of benzene rings is 2. The number of rotatable bonds is 11. The number of carbonyl (C=O) groups is 1. The molecular weight excluding hydrogens is 500 g/mol. The summed E-state index contributed by atoms with van der Waals surface area (Å²) in [4.78, 5) is 27.5. The van der Waals surface area contributed by atoms with Crippen molar-refractivity contribution >= 4 is 29.0 Å². The fourth-order valence-electron chi connectivity index (χ4n) is 4.85. The van der Waals surface area contributed by atoms with Gasteiger partial charge in [0.2, 0.25) is 6.79 Å². The van der Waals surface area contributed by atoms with Crippen LogP contribution in [-0.4, -0.2) is 64.1 Å². The van der Waals surface area contributed by atoms with Crippen molar-refractivity contribution in [2.24, 2.45) is 5.73 Å². The number of carbonyl (C=O) groups excluding carboxylic acids is 1. The predicted octanol–water partition coefficient (Wildman–Crippen LogP) is 1.91. The van der Waals surface area contributed by atoms with Crippen LogP contribution in [0, 0.1) is 0 Å². The zero-order valence-corrected chi connectivity index (χ0v) is 21.7. The number of nitrogens with one attached hydrogen (secondary N) is 2. The Labute approximate surface area is 220 Å². The van der Waals surface area contributed by atoms with Gasteiger partial charge >= 0.3 is 0 Å². The first-order valence-electron chi connectivity index (χ1n) is 12.0. The number of fused-ring (bicyclic) bond motifs is 6. The Hall–Kier alpha value is -3.31. The summed E-state index contributed by atoms with van der Waals surface area (Å²) in [5, 5.41) is 7.56. The van der Waals surface area contributed by atoms with Gasteiger partial charge in [-0.05, 0) is 37.2 Å². The number of nitrogens with zero attached hydrogens (tertiary/aromatic N) is 1. The number of ether oxygens (including phenoxy) is 4. The molecule has 2 aliphatic rings. The van der Waals surface area contributed by atoms with Crippen LogP contribution < -0.4 is 40.9 Å². The Morgan fingerprint density at radius 1 is 0.892 bits per heavy atom. The Bertz CT molecular complexity index is 1390. The monoisotopic (exact) mass is 530 g/mol. The summed E-state index contributed by atoms with van der Waals surface area (Å²) in [7, 11) is 3.05. The Morgan fingerprint density at radius 3 is 2.16 bits per heavy atom. The molecule has 0 saturated heterocycles. The summed E-state index contributed by atoms with van der Waals surface area (Å²) in [6.45, 7) is 4.26. The van der Waals surface area contributed by atoms with Gasteiger partial charge in [0, 0.05) is 49.2 Å². The summed E-state index contributed by atoms with van der Waals surface area (Å²) >= 11 is 0. The van der Waals surface area contributed by atoms with Crippen molar-refractivity contribution < 1.29 is 23.7 Å². The molecule has 11 heteroatoms. The van der Waals surface area contributed by atoms with Gasteiger partial charge in [-0.2, -0.15) is 0 Å². The van der Waals surface area contributed by atoms with Crippen molar-refractivity contribution in [2.45, 2.75) is 13.0 Å². The highest BCUT2D eigenvalue weighted by Crippen LogP contribution is 2.46. The molecule has 2 heterocycles. The first-order chi connectivity index (χ1) is 17.6. The van der Waals surface area contributed by atoms with Crippen molar-refractivity contribution in [3.8, 4) is 34.3 Å². The summed E-state index contributed by atoms with van der Waals surface area (Å²) in [6.07, 6.45) is 0.704. The fraction of sp³-hybridized carbons (Fsp3) is 0.385. The fourth-order valence-corrected chi connectivity index (χ4v) is 4.85. The Balaban J connectivity index is 0.00000320. The van der Waals surface area contributed by atoms with Crippen molar-refractivity contribution in [2.75, 3.05) is 53.7 Å². The summed E-state index contributed by atoms with van der Waals surface area (Å²) in [6, 6.07) is 6.86. The van der Waals surface area contributed by atoms with Crippen molar-refractivity contribution in [1.82, 2.24) is 15.2 Å². The van der Waals surface area contributed by atoms with Gasteiger partial charge in [0.1, 0.15) is 0 Å². The maximum absolute atomic E-state index is 13.8. The molecule has 198 valence electrons. The third-order valence-corrected chi connectivity index (χ3v) is 6.55. The molecular formula is C26H31ClN4O6. The van der Waals surface area contributed by atoms with E-state index in [1.165, 1.54) is 14.2 Å². The lowest BCUT2D eigenvalue weighted by Gasteiger charge is -2.17. The van der Waals surface area contributed by atoms with E-state index in [4.69, 9.17) is 24.7 Å². The van der Waals surface area contributed by atoms with E-state index in [-0.39, 0.29) is 30.5 Å². The van der Waals surface area contributed by atoms with E-state index in [0.29, 0.717) is 75.7 Å². The second-order valence-corrected chi connectivity index (χ2v) is 8.66. The van der Waals surface area contributed by atoms with Crippen molar-refractivity contribution in [1.29, 1.82) is 0 Å². The zero-order valence-electron chi connectivity index (χ0n) is 20.8. The van der Waals surface area contributed by atoms with E-state index < -0.39 is 0 Å². The molecule has 4 N–H and O–H groups in total. The van der Waals surface area contributed by atoms with Crippen LogP contribution in [0.15, 0.2) is 29.1 Å². The highest BCUT2D eigenvalue weighted by Gasteiger charge is 2.35. The van der Waals surface area contributed by atoms with E-state index in [1.807, 2.05) is 0 Å². The van der Waals surface area contributed by atoms with Gasteiger partial charge in [-0.25, -0.2) is 0 Å². The van der Waals surface area contributed by atoms with E-state index >= 15 is 0 Å². The molecule has 0 bridgehead atoms. The minimum Gasteiger partial charge on any atom is -0.493 e. The highest BCUT2D eigenvalue weighted by atomic mass is 35.5. The van der Waals surface area contributed by atoms with Gasteiger partial charge < -0.3 is 39.9 Å². The van der Waals surface area contributed by atoms with Crippen LogP contribution in [0.1, 0.15) is 22.3 Å². The lowest BCUT2D eigenvalue weighted by atomic mass is 10.0. The van der Waals surface area contributed by atoms with Gasteiger partial charge in [-0.15, -0.1) is 12.4 Å². The average molecular weight is 531 g/mol. The van der Waals surface area contributed by atoms with Gasteiger partial charge in [-0.1, -0.05) is 0 Å². The molecule has 0 unspecified atom stereocenters. The molecule has 37 heavy (non-hydrogen) atoms. The molecule has 2 aromatic carbocycles. The third kappa shape index (κ3) is 4.73. The number of nitrogens with two attached hydrogens (primary N) is 1. The summed E-state index contributed by atoms with van der Waals surface area (Å²) in [5.74, 6) is 1.82. The van der Waals surface area contributed by atoms with Crippen LogP contribution in [0.4, 0.5) is 0 Å². The molecule has 1 aromatic heterocycles. The third-order valence-electron chi connectivity index (χ3n) is 6.55. The van der Waals surface area contributed by atoms with Crippen LogP contribution in [0.2, 0.25) is 0 Å². The lowest BCUT2D eigenvalue weighted by molar-refractivity contribution is 0.104. The topological polar surface area (TPSA) is 126 Å². The van der Waals surface area contributed by atoms with Crippen LogP contribution >= 0.6 is 12.4 Å². The van der Waals surface area contributed by atoms with Crippen molar-refractivity contribution in [3.63, 3.8) is 0 Å². The second kappa shape index (κ2) is 11.4. The lowest BCUT2D eigenvalue weighted by Crippen LogP contribution is -2.32. The van der Waals surface area contributed by atoms with E-state index in [9.17, 15) is 9.59 Å². The molecule has 10 nitrogen and oxygen atoms in total. The first-order valence-corrected chi connectivity index (χ1v) is 12.0.